The molecule has 1 fully saturated rings. The number of halogens is 6. The summed E-state index contributed by atoms with van der Waals surface area (Å²) < 4.78 is 85.3. The van der Waals surface area contributed by atoms with Gasteiger partial charge in [-0.25, -0.2) is 4.79 Å². The maximum atomic E-state index is 13.1. The van der Waals surface area contributed by atoms with E-state index in [1.807, 2.05) is 17.8 Å². The van der Waals surface area contributed by atoms with Crippen molar-refractivity contribution in [2.24, 2.45) is 0 Å². The molecule has 2 aromatic rings. The number of ether oxygens (including phenoxy) is 1. The molecule has 1 saturated heterocycles. The fraction of sp³-hybridized carbons (Fsp3) is 0.545. The smallest absolute Gasteiger partial charge is 0.416 e. The third-order valence-corrected chi connectivity index (χ3v) is 6.11. The highest BCUT2D eigenvalue weighted by molar-refractivity contribution is 5.67. The Bertz CT molecular complexity index is 1020. The van der Waals surface area contributed by atoms with E-state index in [0.717, 1.165) is 30.9 Å². The van der Waals surface area contributed by atoms with Gasteiger partial charge in [-0.3, -0.25) is 4.68 Å². The van der Waals surface area contributed by atoms with Crippen LogP contribution in [0.25, 0.3) is 0 Å². The standard InChI is InChI=1S/C22H24F6N4O2/c1-30-6-3-15(11-30)19-10-18-12-31(4-2-5-32(18)29-19)20(33)34-13-14-7-16(21(23,24)25)9-17(8-14)22(26,27)28/h7-10,15H,2-6,11-13H2,1H3. The number of aryl methyl sites for hydroxylation is 1. The summed E-state index contributed by atoms with van der Waals surface area (Å²) in [7, 11) is 2.04. The van der Waals surface area contributed by atoms with E-state index in [-0.39, 0.29) is 18.2 Å². The number of hydrogen-bond acceptors (Lipinski definition) is 4. The Kier molecular flexibility index (Phi) is 6.54. The number of carbonyl (C=O) groups excluding carboxylic acids is 1. The van der Waals surface area contributed by atoms with Crippen molar-refractivity contribution in [3.05, 3.63) is 52.3 Å². The first-order valence-electron chi connectivity index (χ1n) is 10.9. The van der Waals surface area contributed by atoms with Crippen LogP contribution in [-0.4, -0.2) is 52.4 Å². The topological polar surface area (TPSA) is 50.6 Å². The van der Waals surface area contributed by atoms with E-state index in [2.05, 4.69) is 10.00 Å². The number of carbonyl (C=O) groups is 1. The summed E-state index contributed by atoms with van der Waals surface area (Å²) in [4.78, 5) is 16.2. The minimum absolute atomic E-state index is 0.0426. The largest absolute Gasteiger partial charge is 0.445 e. The first-order chi connectivity index (χ1) is 15.9. The van der Waals surface area contributed by atoms with Gasteiger partial charge in [0.2, 0.25) is 0 Å². The molecule has 12 heteroatoms. The second-order valence-corrected chi connectivity index (χ2v) is 8.78. The Balaban J connectivity index is 1.45. The van der Waals surface area contributed by atoms with Crippen LogP contribution in [0.3, 0.4) is 0 Å². The van der Waals surface area contributed by atoms with Gasteiger partial charge in [0.25, 0.3) is 0 Å². The normalized spacial score (nSPS) is 19.7. The fourth-order valence-corrected chi connectivity index (χ4v) is 4.36. The molecule has 1 aromatic heterocycles. The third kappa shape index (κ3) is 5.48. The maximum absolute atomic E-state index is 13.1. The molecule has 1 atom stereocenters. The van der Waals surface area contributed by atoms with E-state index >= 15 is 0 Å². The zero-order chi connectivity index (χ0) is 24.7. The van der Waals surface area contributed by atoms with Gasteiger partial charge >= 0.3 is 18.4 Å². The Morgan fingerprint density at radius 3 is 2.29 bits per heavy atom. The second kappa shape index (κ2) is 9.12. The summed E-state index contributed by atoms with van der Waals surface area (Å²) in [6.07, 6.45) is -9.14. The van der Waals surface area contributed by atoms with Gasteiger partial charge in [0.15, 0.2) is 0 Å². The molecule has 0 spiro atoms. The van der Waals surface area contributed by atoms with Crippen LogP contribution in [0.1, 0.15) is 46.8 Å². The molecule has 0 radical (unpaired) electrons. The van der Waals surface area contributed by atoms with Gasteiger partial charge < -0.3 is 14.5 Å². The van der Waals surface area contributed by atoms with Crippen molar-refractivity contribution in [1.29, 1.82) is 0 Å². The van der Waals surface area contributed by atoms with Gasteiger partial charge in [0.1, 0.15) is 6.61 Å². The maximum Gasteiger partial charge on any atom is 0.416 e. The first-order valence-corrected chi connectivity index (χ1v) is 10.9. The van der Waals surface area contributed by atoms with Crippen molar-refractivity contribution in [2.45, 2.75) is 50.8 Å². The highest BCUT2D eigenvalue weighted by Crippen LogP contribution is 2.36. The minimum Gasteiger partial charge on any atom is -0.445 e. The summed E-state index contributed by atoms with van der Waals surface area (Å²) in [5.41, 5.74) is -1.51. The number of amides is 1. The Morgan fingerprint density at radius 1 is 1.03 bits per heavy atom. The lowest BCUT2D eigenvalue weighted by molar-refractivity contribution is -0.143. The summed E-state index contributed by atoms with van der Waals surface area (Å²) in [5, 5.41) is 4.68. The van der Waals surface area contributed by atoms with Crippen LogP contribution in [0.4, 0.5) is 31.1 Å². The second-order valence-electron chi connectivity index (χ2n) is 8.78. The lowest BCUT2D eigenvalue weighted by atomic mass is 10.1. The van der Waals surface area contributed by atoms with Crippen LogP contribution in [0.5, 0.6) is 0 Å². The number of rotatable bonds is 3. The summed E-state index contributed by atoms with van der Waals surface area (Å²) in [6, 6.07) is 3.12. The summed E-state index contributed by atoms with van der Waals surface area (Å²) in [6.45, 7) is 2.31. The fourth-order valence-electron chi connectivity index (χ4n) is 4.36. The zero-order valence-electron chi connectivity index (χ0n) is 18.4. The van der Waals surface area contributed by atoms with E-state index in [4.69, 9.17) is 4.74 Å². The van der Waals surface area contributed by atoms with Crippen molar-refractivity contribution in [3.8, 4) is 0 Å². The molecular formula is C22H24F6N4O2. The predicted octanol–water partition coefficient (Wildman–Crippen LogP) is 4.88. The molecule has 0 aliphatic carbocycles. The number of nitrogens with zero attached hydrogens (tertiary/aromatic N) is 4. The lowest BCUT2D eigenvalue weighted by Gasteiger charge is -2.20. The monoisotopic (exact) mass is 490 g/mol. The van der Waals surface area contributed by atoms with Crippen molar-refractivity contribution < 1.29 is 35.9 Å². The van der Waals surface area contributed by atoms with Gasteiger partial charge in [-0.2, -0.15) is 31.4 Å². The molecule has 2 aliphatic heterocycles. The molecule has 4 rings (SSSR count). The molecule has 34 heavy (non-hydrogen) atoms. The van der Waals surface area contributed by atoms with Crippen LogP contribution >= 0.6 is 0 Å². The third-order valence-electron chi connectivity index (χ3n) is 6.11. The van der Waals surface area contributed by atoms with Gasteiger partial charge in [-0.15, -0.1) is 0 Å². The average Bonchev–Trinajstić information content (AvgIpc) is 3.31. The number of alkyl halides is 6. The van der Waals surface area contributed by atoms with Crippen molar-refractivity contribution >= 4 is 6.09 Å². The van der Waals surface area contributed by atoms with E-state index in [1.165, 1.54) is 4.90 Å². The molecular weight excluding hydrogens is 466 g/mol. The molecule has 1 unspecified atom stereocenters. The van der Waals surface area contributed by atoms with Crippen LogP contribution in [0.2, 0.25) is 0 Å². The van der Waals surface area contributed by atoms with Crippen molar-refractivity contribution in [2.75, 3.05) is 26.7 Å². The molecule has 0 saturated carbocycles. The van der Waals surface area contributed by atoms with E-state index in [9.17, 15) is 31.1 Å². The molecule has 1 amide bonds. The van der Waals surface area contributed by atoms with Crippen LogP contribution < -0.4 is 0 Å². The van der Waals surface area contributed by atoms with Crippen LogP contribution in [0.15, 0.2) is 24.3 Å². The van der Waals surface area contributed by atoms with Gasteiger partial charge in [0, 0.05) is 25.6 Å². The highest BCUT2D eigenvalue weighted by atomic mass is 19.4. The molecule has 2 aliphatic rings. The number of likely N-dealkylation sites (N-methyl/N-ethyl adjacent to an activating group) is 1. The van der Waals surface area contributed by atoms with E-state index in [1.54, 1.807) is 0 Å². The summed E-state index contributed by atoms with van der Waals surface area (Å²) in [5.74, 6) is 0.313. The number of hydrogen-bond donors (Lipinski definition) is 0. The number of aromatic nitrogens is 2. The van der Waals surface area contributed by atoms with Crippen LogP contribution in [0, 0.1) is 0 Å². The zero-order valence-corrected chi connectivity index (χ0v) is 18.4. The number of fused-ring (bicyclic) bond motifs is 1. The SMILES string of the molecule is CN1CCC(c2cc3n(n2)CCCN(C(=O)OCc2cc(C(F)(F)F)cc(C(F)(F)F)c2)C3)C1. The van der Waals surface area contributed by atoms with Gasteiger partial charge in [0.05, 0.1) is 29.1 Å². The minimum atomic E-state index is -4.96. The Labute approximate surface area is 192 Å². The highest BCUT2D eigenvalue weighted by Gasteiger charge is 2.37. The summed E-state index contributed by atoms with van der Waals surface area (Å²) >= 11 is 0. The number of benzene rings is 1. The van der Waals surface area contributed by atoms with Crippen molar-refractivity contribution in [3.63, 3.8) is 0 Å². The van der Waals surface area contributed by atoms with Crippen LogP contribution in [-0.2, 0) is 36.8 Å². The first kappa shape index (κ1) is 24.4. The molecule has 0 bridgehead atoms. The average molecular weight is 490 g/mol. The quantitative estimate of drug-likeness (QED) is 0.576. The molecule has 186 valence electrons. The Hall–Kier alpha value is -2.76. The van der Waals surface area contributed by atoms with E-state index < -0.39 is 36.2 Å². The molecule has 0 N–H and O–H groups in total. The molecule has 6 nitrogen and oxygen atoms in total. The lowest BCUT2D eigenvalue weighted by Crippen LogP contribution is -2.31. The Morgan fingerprint density at radius 2 is 1.71 bits per heavy atom. The molecule has 3 heterocycles. The van der Waals surface area contributed by atoms with Gasteiger partial charge in [-0.1, -0.05) is 0 Å². The van der Waals surface area contributed by atoms with Gasteiger partial charge in [-0.05, 0) is 56.3 Å². The molecule has 1 aromatic carbocycles. The van der Waals surface area contributed by atoms with Crippen molar-refractivity contribution in [1.82, 2.24) is 19.6 Å². The predicted molar refractivity (Wildman–Crippen MR) is 109 cm³/mol. The van der Waals surface area contributed by atoms with E-state index in [0.29, 0.717) is 37.6 Å². The number of likely N-dealkylation sites (tertiary alicyclic amines) is 1.